The van der Waals surface area contributed by atoms with Crippen LogP contribution in [0.1, 0.15) is 33.6 Å². The average Bonchev–Trinajstić information content (AvgIpc) is 2.01. The van der Waals surface area contributed by atoms with Crippen molar-refractivity contribution in [2.75, 3.05) is 7.05 Å². The Kier molecular flexibility index (Phi) is 2.76. The molecule has 3 atom stereocenters. The zero-order valence-corrected chi connectivity index (χ0v) is 8.50. The summed E-state index contributed by atoms with van der Waals surface area (Å²) in [5, 5.41) is 0. The van der Waals surface area contributed by atoms with Crippen molar-refractivity contribution >= 4 is 5.91 Å². The van der Waals surface area contributed by atoms with Gasteiger partial charge in [-0.25, -0.2) is 0 Å². The van der Waals surface area contributed by atoms with Crippen molar-refractivity contribution in [3.63, 3.8) is 0 Å². The summed E-state index contributed by atoms with van der Waals surface area (Å²) in [4.78, 5) is 13.6. The van der Waals surface area contributed by atoms with Crippen LogP contribution in [0.25, 0.3) is 0 Å². The maximum Gasteiger partial charge on any atom is 0.225 e. The maximum atomic E-state index is 11.7. The minimum Gasteiger partial charge on any atom is -0.343 e. The predicted molar refractivity (Wildman–Crippen MR) is 49.8 cm³/mol. The molecule has 2 heteroatoms. The number of carbonyl (C=O) groups excluding carboxylic acids is 1. The number of piperidine rings is 1. The number of likely N-dealkylation sites (tertiary alicyclic amines) is 1. The van der Waals surface area contributed by atoms with Crippen LogP contribution in [0.3, 0.4) is 0 Å². The zero-order chi connectivity index (χ0) is 9.30. The molecule has 1 aliphatic rings. The van der Waals surface area contributed by atoms with Crippen LogP contribution in [0.2, 0.25) is 0 Å². The largest absolute Gasteiger partial charge is 0.343 e. The Morgan fingerprint density at radius 2 is 2.08 bits per heavy atom. The van der Waals surface area contributed by atoms with Gasteiger partial charge in [-0.3, -0.25) is 4.79 Å². The van der Waals surface area contributed by atoms with Crippen molar-refractivity contribution in [1.82, 2.24) is 4.90 Å². The monoisotopic (exact) mass is 169 g/mol. The van der Waals surface area contributed by atoms with Gasteiger partial charge in [-0.1, -0.05) is 13.8 Å². The molecule has 0 bridgehead atoms. The molecule has 12 heavy (non-hydrogen) atoms. The van der Waals surface area contributed by atoms with E-state index in [2.05, 4.69) is 20.8 Å². The molecule has 1 rings (SSSR count). The molecular formula is C10H19NO. The summed E-state index contributed by atoms with van der Waals surface area (Å²) in [6.45, 7) is 6.42. The highest BCUT2D eigenvalue weighted by Gasteiger charge is 2.34. The Labute approximate surface area is 74.9 Å². The minimum absolute atomic E-state index is 0.270. The lowest BCUT2D eigenvalue weighted by Crippen LogP contribution is -2.47. The van der Waals surface area contributed by atoms with Gasteiger partial charge in [-0.2, -0.15) is 0 Å². The van der Waals surface area contributed by atoms with Crippen LogP contribution >= 0.6 is 0 Å². The molecule has 1 heterocycles. The van der Waals surface area contributed by atoms with Gasteiger partial charge < -0.3 is 4.90 Å². The average molecular weight is 169 g/mol. The van der Waals surface area contributed by atoms with Crippen molar-refractivity contribution in [1.29, 1.82) is 0 Å². The van der Waals surface area contributed by atoms with E-state index in [0.29, 0.717) is 17.9 Å². The van der Waals surface area contributed by atoms with Crippen molar-refractivity contribution in [2.24, 2.45) is 11.8 Å². The third-order valence-corrected chi connectivity index (χ3v) is 3.17. The number of amides is 1. The van der Waals surface area contributed by atoms with Gasteiger partial charge in [0, 0.05) is 19.0 Å². The van der Waals surface area contributed by atoms with Crippen LogP contribution in [-0.2, 0) is 4.79 Å². The van der Waals surface area contributed by atoms with E-state index in [1.807, 2.05) is 11.9 Å². The second-order valence-electron chi connectivity index (χ2n) is 4.03. The van der Waals surface area contributed by atoms with Crippen molar-refractivity contribution < 1.29 is 4.79 Å². The highest BCUT2D eigenvalue weighted by Crippen LogP contribution is 2.29. The minimum atomic E-state index is 0.270. The van der Waals surface area contributed by atoms with Crippen LogP contribution in [-0.4, -0.2) is 23.9 Å². The van der Waals surface area contributed by atoms with Crippen molar-refractivity contribution in [3.05, 3.63) is 0 Å². The Morgan fingerprint density at radius 3 is 2.58 bits per heavy atom. The molecule has 1 saturated heterocycles. The molecule has 0 aliphatic carbocycles. The molecule has 1 fully saturated rings. The highest BCUT2D eigenvalue weighted by atomic mass is 16.2. The van der Waals surface area contributed by atoms with Crippen molar-refractivity contribution in [3.8, 4) is 0 Å². The molecule has 70 valence electrons. The first-order valence-corrected chi connectivity index (χ1v) is 4.84. The summed E-state index contributed by atoms with van der Waals surface area (Å²) in [5.41, 5.74) is 0. The van der Waals surface area contributed by atoms with E-state index in [0.717, 1.165) is 12.8 Å². The smallest absolute Gasteiger partial charge is 0.225 e. The maximum absolute atomic E-state index is 11.7. The lowest BCUT2D eigenvalue weighted by molar-refractivity contribution is -0.142. The normalized spacial score (nSPS) is 37.2. The number of hydrogen-bond donors (Lipinski definition) is 0. The van der Waals surface area contributed by atoms with Crippen molar-refractivity contribution in [2.45, 2.75) is 39.7 Å². The third-order valence-electron chi connectivity index (χ3n) is 3.17. The fourth-order valence-corrected chi connectivity index (χ4v) is 2.16. The zero-order valence-electron chi connectivity index (χ0n) is 8.50. The molecule has 0 aromatic rings. The predicted octanol–water partition coefficient (Wildman–Crippen LogP) is 1.90. The van der Waals surface area contributed by atoms with E-state index in [-0.39, 0.29) is 5.92 Å². The number of nitrogens with zero attached hydrogens (tertiary/aromatic N) is 1. The number of carbonyl (C=O) groups is 1. The fourth-order valence-electron chi connectivity index (χ4n) is 2.16. The summed E-state index contributed by atoms with van der Waals surface area (Å²) in [5.74, 6) is 1.17. The van der Waals surface area contributed by atoms with E-state index >= 15 is 0 Å². The third kappa shape index (κ3) is 1.47. The second kappa shape index (κ2) is 3.46. The first kappa shape index (κ1) is 9.56. The van der Waals surface area contributed by atoms with E-state index in [1.54, 1.807) is 0 Å². The summed E-state index contributed by atoms with van der Waals surface area (Å²) < 4.78 is 0. The molecular weight excluding hydrogens is 150 g/mol. The summed E-state index contributed by atoms with van der Waals surface area (Å²) in [7, 11) is 1.92. The lowest BCUT2D eigenvalue weighted by Gasteiger charge is -2.38. The van der Waals surface area contributed by atoms with Gasteiger partial charge in [0.05, 0.1) is 0 Å². The second-order valence-corrected chi connectivity index (χ2v) is 4.03. The molecule has 0 radical (unpaired) electrons. The van der Waals surface area contributed by atoms with Gasteiger partial charge in [-0.05, 0) is 25.7 Å². The Hall–Kier alpha value is -0.530. The van der Waals surface area contributed by atoms with Gasteiger partial charge in [0.15, 0.2) is 0 Å². The fraction of sp³-hybridized carbons (Fsp3) is 0.900. The molecule has 2 nitrogen and oxygen atoms in total. The van der Waals surface area contributed by atoms with E-state index in [1.165, 1.54) is 0 Å². The topological polar surface area (TPSA) is 20.3 Å². The van der Waals surface area contributed by atoms with Crippen LogP contribution in [0.4, 0.5) is 0 Å². The van der Waals surface area contributed by atoms with E-state index in [9.17, 15) is 4.79 Å². The summed E-state index contributed by atoms with van der Waals surface area (Å²) >= 11 is 0. The first-order valence-electron chi connectivity index (χ1n) is 4.84. The van der Waals surface area contributed by atoms with Gasteiger partial charge in [0.25, 0.3) is 0 Å². The molecule has 0 aromatic carbocycles. The molecule has 0 saturated carbocycles. The van der Waals surface area contributed by atoms with Gasteiger partial charge in [-0.15, -0.1) is 0 Å². The van der Waals surface area contributed by atoms with E-state index < -0.39 is 0 Å². The highest BCUT2D eigenvalue weighted by molar-refractivity contribution is 5.79. The molecule has 1 amide bonds. The van der Waals surface area contributed by atoms with Gasteiger partial charge in [0.2, 0.25) is 5.91 Å². The van der Waals surface area contributed by atoms with Crippen LogP contribution in [0.5, 0.6) is 0 Å². The quantitative estimate of drug-likeness (QED) is 0.587. The standard InChI is InChI=1S/C10H19NO/c1-5-9-7(2)6-8(3)11(4)10(9)12/h7-9H,5-6H2,1-4H3. The van der Waals surface area contributed by atoms with Gasteiger partial charge in [0.1, 0.15) is 0 Å². The summed E-state index contributed by atoms with van der Waals surface area (Å²) in [6, 6.07) is 0.426. The Morgan fingerprint density at radius 1 is 1.50 bits per heavy atom. The summed E-state index contributed by atoms with van der Waals surface area (Å²) in [6.07, 6.45) is 2.14. The molecule has 0 spiro atoms. The first-order chi connectivity index (χ1) is 5.57. The lowest BCUT2D eigenvalue weighted by atomic mass is 9.82. The Bertz CT molecular complexity index is 179. The molecule has 3 unspecified atom stereocenters. The SMILES string of the molecule is CCC1C(=O)N(C)C(C)CC1C. The van der Waals surface area contributed by atoms with Crippen LogP contribution in [0.15, 0.2) is 0 Å². The van der Waals surface area contributed by atoms with E-state index in [4.69, 9.17) is 0 Å². The Balaban J connectivity index is 2.72. The van der Waals surface area contributed by atoms with Crippen LogP contribution in [0, 0.1) is 11.8 Å². The van der Waals surface area contributed by atoms with Gasteiger partial charge >= 0.3 is 0 Å². The molecule has 0 aromatic heterocycles. The molecule has 1 aliphatic heterocycles. The molecule has 0 N–H and O–H groups in total. The van der Waals surface area contributed by atoms with Crippen LogP contribution < -0.4 is 0 Å². The number of hydrogen-bond acceptors (Lipinski definition) is 1. The number of rotatable bonds is 1.